The molecule has 0 saturated carbocycles. The van der Waals surface area contributed by atoms with E-state index >= 15 is 0 Å². The molecule has 1 unspecified atom stereocenters. The number of hydrogen-bond donors (Lipinski definition) is 2. The lowest BCUT2D eigenvalue weighted by Gasteiger charge is -2.01. The maximum atomic E-state index is 9.20. The van der Waals surface area contributed by atoms with Crippen molar-refractivity contribution in [3.8, 4) is 0 Å². The summed E-state index contributed by atoms with van der Waals surface area (Å²) in [6, 6.07) is 0. The van der Waals surface area contributed by atoms with Gasteiger partial charge in [-0.1, -0.05) is 0 Å². The Morgan fingerprint density at radius 3 is 3.17 bits per heavy atom. The molecule has 3 nitrogen and oxygen atoms in total. The van der Waals surface area contributed by atoms with Crippen LogP contribution in [-0.4, -0.2) is 21.4 Å². The molecule has 12 heavy (non-hydrogen) atoms. The van der Waals surface area contributed by atoms with Gasteiger partial charge in [-0.2, -0.15) is 5.10 Å². The third-order valence-electron chi connectivity index (χ3n) is 2.38. The number of aliphatic hydroxyl groups excluding tert-OH is 1. The molecule has 0 radical (unpaired) electrons. The van der Waals surface area contributed by atoms with Gasteiger partial charge >= 0.3 is 0 Å². The highest BCUT2D eigenvalue weighted by Crippen LogP contribution is 2.23. The largest absolute Gasteiger partial charge is 0.393 e. The normalized spacial score (nSPS) is 17.8. The van der Waals surface area contributed by atoms with E-state index in [9.17, 15) is 5.11 Å². The Labute approximate surface area is 71.8 Å². The molecule has 0 bridgehead atoms. The van der Waals surface area contributed by atoms with Crippen LogP contribution in [-0.2, 0) is 19.3 Å². The number of fused-ring (bicyclic) bond motifs is 1. The number of rotatable bonds is 2. The summed E-state index contributed by atoms with van der Waals surface area (Å²) in [6.07, 6.45) is 3.90. The van der Waals surface area contributed by atoms with Crippen LogP contribution in [0.15, 0.2) is 0 Å². The van der Waals surface area contributed by atoms with Crippen molar-refractivity contribution in [2.24, 2.45) is 0 Å². The fourth-order valence-electron chi connectivity index (χ4n) is 1.84. The van der Waals surface area contributed by atoms with Gasteiger partial charge in [0.15, 0.2) is 0 Å². The summed E-state index contributed by atoms with van der Waals surface area (Å²) in [5.74, 6) is 0. The molecule has 1 aromatic heterocycles. The second kappa shape index (κ2) is 2.90. The topological polar surface area (TPSA) is 48.9 Å². The third kappa shape index (κ3) is 1.25. The van der Waals surface area contributed by atoms with Gasteiger partial charge in [-0.05, 0) is 31.7 Å². The molecule has 0 spiro atoms. The lowest BCUT2D eigenvalue weighted by Crippen LogP contribution is -2.06. The van der Waals surface area contributed by atoms with Gasteiger partial charge in [0.05, 0.1) is 11.8 Å². The molecule has 1 aliphatic carbocycles. The maximum Gasteiger partial charge on any atom is 0.0682 e. The highest BCUT2D eigenvalue weighted by Gasteiger charge is 2.18. The van der Waals surface area contributed by atoms with E-state index < -0.39 is 0 Å². The van der Waals surface area contributed by atoms with Gasteiger partial charge < -0.3 is 5.11 Å². The lowest BCUT2D eigenvalue weighted by atomic mass is 10.1. The Hall–Kier alpha value is -0.830. The summed E-state index contributed by atoms with van der Waals surface area (Å²) in [5.41, 5.74) is 3.71. The first-order chi connectivity index (χ1) is 5.77. The molecule has 0 amide bonds. The molecule has 66 valence electrons. The molecule has 1 heterocycles. The highest BCUT2D eigenvalue weighted by atomic mass is 16.3. The first-order valence-corrected chi connectivity index (χ1v) is 4.50. The predicted octanol–water partition coefficient (Wildman–Crippen LogP) is 0.822. The first-order valence-electron chi connectivity index (χ1n) is 4.50. The van der Waals surface area contributed by atoms with Gasteiger partial charge in [-0.3, -0.25) is 5.10 Å². The molecule has 0 fully saturated rings. The standard InChI is InChI=1S/C9H14N2O/c1-6(12)5-9-7-3-2-4-8(7)10-11-9/h6,12H,2-5H2,1H3,(H,10,11). The van der Waals surface area contributed by atoms with Crippen LogP contribution in [0.2, 0.25) is 0 Å². The molecular formula is C9H14N2O. The van der Waals surface area contributed by atoms with E-state index in [1.807, 2.05) is 0 Å². The summed E-state index contributed by atoms with van der Waals surface area (Å²) in [7, 11) is 0. The molecule has 3 heteroatoms. The van der Waals surface area contributed by atoms with Crippen molar-refractivity contribution in [3.05, 3.63) is 17.0 Å². The predicted molar refractivity (Wildman–Crippen MR) is 46.0 cm³/mol. The zero-order chi connectivity index (χ0) is 8.55. The van der Waals surface area contributed by atoms with Crippen molar-refractivity contribution in [1.82, 2.24) is 10.2 Å². The third-order valence-corrected chi connectivity index (χ3v) is 2.38. The van der Waals surface area contributed by atoms with Crippen molar-refractivity contribution < 1.29 is 5.11 Å². The highest BCUT2D eigenvalue weighted by molar-refractivity contribution is 5.29. The van der Waals surface area contributed by atoms with Crippen LogP contribution < -0.4 is 0 Å². The van der Waals surface area contributed by atoms with E-state index in [4.69, 9.17) is 0 Å². The van der Waals surface area contributed by atoms with E-state index in [1.54, 1.807) is 6.92 Å². The number of aromatic nitrogens is 2. The van der Waals surface area contributed by atoms with Gasteiger partial charge in [0.1, 0.15) is 0 Å². The first kappa shape index (κ1) is 7.80. The monoisotopic (exact) mass is 166 g/mol. The second-order valence-corrected chi connectivity index (χ2v) is 3.53. The van der Waals surface area contributed by atoms with E-state index in [2.05, 4.69) is 10.2 Å². The fraction of sp³-hybridized carbons (Fsp3) is 0.667. The molecule has 0 aromatic carbocycles. The summed E-state index contributed by atoms with van der Waals surface area (Å²) in [5, 5.41) is 16.4. The molecule has 1 aromatic rings. The Morgan fingerprint density at radius 2 is 2.42 bits per heavy atom. The molecule has 0 aliphatic heterocycles. The van der Waals surface area contributed by atoms with Crippen LogP contribution in [0, 0.1) is 0 Å². The Morgan fingerprint density at radius 1 is 1.58 bits per heavy atom. The molecule has 2 rings (SSSR count). The van der Waals surface area contributed by atoms with E-state index in [0.717, 1.165) is 18.5 Å². The summed E-state index contributed by atoms with van der Waals surface area (Å²) in [4.78, 5) is 0. The lowest BCUT2D eigenvalue weighted by molar-refractivity contribution is 0.194. The van der Waals surface area contributed by atoms with Crippen molar-refractivity contribution in [2.75, 3.05) is 0 Å². The van der Waals surface area contributed by atoms with Crippen LogP contribution in [0.3, 0.4) is 0 Å². The average molecular weight is 166 g/mol. The quantitative estimate of drug-likeness (QED) is 0.683. The van der Waals surface area contributed by atoms with Gasteiger partial charge in [-0.15, -0.1) is 0 Å². The van der Waals surface area contributed by atoms with Gasteiger partial charge in [-0.25, -0.2) is 0 Å². The SMILES string of the molecule is CC(O)Cc1n[nH]c2c1CCC2. The molecule has 0 saturated heterocycles. The summed E-state index contributed by atoms with van der Waals surface area (Å²) in [6.45, 7) is 1.80. The van der Waals surface area contributed by atoms with Crippen LogP contribution >= 0.6 is 0 Å². The van der Waals surface area contributed by atoms with Crippen LogP contribution in [0.25, 0.3) is 0 Å². The van der Waals surface area contributed by atoms with Gasteiger partial charge in [0, 0.05) is 12.1 Å². The van der Waals surface area contributed by atoms with Crippen LogP contribution in [0.5, 0.6) is 0 Å². The number of nitrogens with zero attached hydrogens (tertiary/aromatic N) is 1. The number of aliphatic hydroxyl groups is 1. The van der Waals surface area contributed by atoms with E-state index in [0.29, 0.717) is 6.42 Å². The van der Waals surface area contributed by atoms with Crippen LogP contribution in [0.4, 0.5) is 0 Å². The second-order valence-electron chi connectivity index (χ2n) is 3.53. The molecule has 2 N–H and O–H groups in total. The van der Waals surface area contributed by atoms with Crippen molar-refractivity contribution in [2.45, 2.75) is 38.7 Å². The number of hydrogen-bond acceptors (Lipinski definition) is 2. The minimum atomic E-state index is -0.280. The fourth-order valence-corrected chi connectivity index (χ4v) is 1.84. The zero-order valence-electron chi connectivity index (χ0n) is 7.30. The average Bonchev–Trinajstić information content (AvgIpc) is 2.52. The molecular weight excluding hydrogens is 152 g/mol. The van der Waals surface area contributed by atoms with E-state index in [-0.39, 0.29) is 6.10 Å². The zero-order valence-corrected chi connectivity index (χ0v) is 7.30. The van der Waals surface area contributed by atoms with Gasteiger partial charge in [0.2, 0.25) is 0 Å². The minimum Gasteiger partial charge on any atom is -0.393 e. The van der Waals surface area contributed by atoms with Crippen molar-refractivity contribution >= 4 is 0 Å². The summed E-state index contributed by atoms with van der Waals surface area (Å²) >= 11 is 0. The Bertz CT molecular complexity index is 278. The number of aromatic amines is 1. The number of aryl methyl sites for hydroxylation is 1. The minimum absolute atomic E-state index is 0.280. The Balaban J connectivity index is 2.22. The molecule has 1 atom stereocenters. The van der Waals surface area contributed by atoms with Gasteiger partial charge in [0.25, 0.3) is 0 Å². The maximum absolute atomic E-state index is 9.20. The van der Waals surface area contributed by atoms with Crippen molar-refractivity contribution in [1.29, 1.82) is 0 Å². The smallest absolute Gasteiger partial charge is 0.0682 e. The van der Waals surface area contributed by atoms with E-state index in [1.165, 1.54) is 17.7 Å². The number of H-pyrrole nitrogens is 1. The summed E-state index contributed by atoms with van der Waals surface area (Å²) < 4.78 is 0. The molecule has 1 aliphatic rings. The van der Waals surface area contributed by atoms with Crippen molar-refractivity contribution in [3.63, 3.8) is 0 Å². The Kier molecular flexibility index (Phi) is 1.89. The number of nitrogens with one attached hydrogen (secondary N) is 1. The van der Waals surface area contributed by atoms with Crippen LogP contribution in [0.1, 0.15) is 30.3 Å².